The summed E-state index contributed by atoms with van der Waals surface area (Å²) in [6.07, 6.45) is 0. The monoisotopic (exact) mass is 376 g/mol. The quantitative estimate of drug-likeness (QED) is 0.671. The van der Waals surface area contributed by atoms with Crippen LogP contribution in [0.1, 0.15) is 5.56 Å². The molecule has 0 amide bonds. The molecule has 128 valence electrons. The van der Waals surface area contributed by atoms with Crippen molar-refractivity contribution in [1.29, 1.82) is 0 Å². The number of nitrogens with one attached hydrogen (secondary N) is 1. The van der Waals surface area contributed by atoms with Crippen LogP contribution in [0.15, 0.2) is 53.4 Å². The highest BCUT2D eigenvalue weighted by Gasteiger charge is 2.11. The Morgan fingerprint density at radius 3 is 2.44 bits per heavy atom. The summed E-state index contributed by atoms with van der Waals surface area (Å²) in [4.78, 5) is 12.1. The molecular formula is C16H13ClN4O3S. The molecule has 25 heavy (non-hydrogen) atoms. The predicted molar refractivity (Wildman–Crippen MR) is 94.5 cm³/mol. The molecule has 0 aliphatic carbocycles. The van der Waals surface area contributed by atoms with Gasteiger partial charge in [0, 0.05) is 11.3 Å². The van der Waals surface area contributed by atoms with Crippen molar-refractivity contribution in [2.45, 2.75) is 11.8 Å². The average Bonchev–Trinajstić information content (AvgIpc) is 2.54. The first-order chi connectivity index (χ1) is 11.8. The lowest BCUT2D eigenvalue weighted by atomic mass is 10.1. The molecule has 1 aromatic heterocycles. The Bertz CT molecular complexity index is 1020. The first kappa shape index (κ1) is 17.3. The third-order valence-corrected chi connectivity index (χ3v) is 4.32. The maximum absolute atomic E-state index is 11.2. The van der Waals surface area contributed by atoms with Crippen molar-refractivity contribution in [3.8, 4) is 11.4 Å². The standard InChI is InChI=1S/C16H13ClN4O3S/c1-10-5-7-11(8-6-10)14-19-15(17)21-16(20-14)18-12-3-2-4-13(9-12)25(22,23)24/h2-9H,1H3,(H,22,23,24)(H,18,19,20,21). The molecule has 9 heteroatoms. The van der Waals surface area contributed by atoms with E-state index >= 15 is 0 Å². The molecule has 0 unspecified atom stereocenters. The van der Waals surface area contributed by atoms with Gasteiger partial charge in [0.2, 0.25) is 11.2 Å². The Morgan fingerprint density at radius 1 is 1.04 bits per heavy atom. The molecule has 0 spiro atoms. The summed E-state index contributed by atoms with van der Waals surface area (Å²) >= 11 is 5.96. The molecule has 2 aromatic carbocycles. The van der Waals surface area contributed by atoms with Crippen molar-refractivity contribution in [3.05, 3.63) is 59.4 Å². The van der Waals surface area contributed by atoms with Crippen molar-refractivity contribution in [2.75, 3.05) is 5.32 Å². The maximum atomic E-state index is 11.2. The zero-order valence-electron chi connectivity index (χ0n) is 13.0. The maximum Gasteiger partial charge on any atom is 0.294 e. The summed E-state index contributed by atoms with van der Waals surface area (Å²) in [5.41, 5.74) is 2.25. The first-order valence-electron chi connectivity index (χ1n) is 7.14. The predicted octanol–water partition coefficient (Wildman–Crippen LogP) is 3.49. The van der Waals surface area contributed by atoms with E-state index in [2.05, 4.69) is 20.3 Å². The Kier molecular flexibility index (Phi) is 4.67. The molecule has 3 rings (SSSR count). The van der Waals surface area contributed by atoms with Gasteiger partial charge < -0.3 is 5.32 Å². The largest absolute Gasteiger partial charge is 0.324 e. The minimum absolute atomic E-state index is 0.000917. The third kappa shape index (κ3) is 4.30. The van der Waals surface area contributed by atoms with E-state index in [0.29, 0.717) is 11.5 Å². The van der Waals surface area contributed by atoms with Gasteiger partial charge in [-0.05, 0) is 36.7 Å². The van der Waals surface area contributed by atoms with E-state index < -0.39 is 10.1 Å². The fraction of sp³-hybridized carbons (Fsp3) is 0.0625. The van der Waals surface area contributed by atoms with Gasteiger partial charge in [0.05, 0.1) is 4.90 Å². The Labute approximate surface area is 149 Å². The zero-order valence-corrected chi connectivity index (χ0v) is 14.6. The summed E-state index contributed by atoms with van der Waals surface area (Å²) in [6.45, 7) is 1.97. The van der Waals surface area contributed by atoms with Crippen LogP contribution >= 0.6 is 11.6 Å². The zero-order chi connectivity index (χ0) is 18.0. The fourth-order valence-corrected chi connectivity index (χ4v) is 2.79. The smallest absolute Gasteiger partial charge is 0.294 e. The van der Waals surface area contributed by atoms with Gasteiger partial charge in [-0.15, -0.1) is 0 Å². The molecule has 0 bridgehead atoms. The van der Waals surface area contributed by atoms with Gasteiger partial charge >= 0.3 is 0 Å². The molecule has 0 saturated carbocycles. The normalized spacial score (nSPS) is 11.3. The summed E-state index contributed by atoms with van der Waals surface area (Å²) in [7, 11) is -4.30. The highest BCUT2D eigenvalue weighted by atomic mass is 35.5. The van der Waals surface area contributed by atoms with Gasteiger partial charge in [0.15, 0.2) is 5.82 Å². The van der Waals surface area contributed by atoms with Gasteiger partial charge in [0.25, 0.3) is 10.1 Å². The second-order valence-corrected chi connectivity index (χ2v) is 7.01. The van der Waals surface area contributed by atoms with Gasteiger partial charge in [-0.2, -0.15) is 23.4 Å². The van der Waals surface area contributed by atoms with Crippen LogP contribution in [-0.2, 0) is 10.1 Å². The van der Waals surface area contributed by atoms with E-state index in [9.17, 15) is 8.42 Å². The molecule has 2 N–H and O–H groups in total. The van der Waals surface area contributed by atoms with Crippen LogP contribution in [0.3, 0.4) is 0 Å². The van der Waals surface area contributed by atoms with Crippen molar-refractivity contribution in [1.82, 2.24) is 15.0 Å². The molecule has 0 atom stereocenters. The van der Waals surface area contributed by atoms with E-state index in [-0.39, 0.29) is 16.1 Å². The minimum atomic E-state index is -4.30. The fourth-order valence-electron chi connectivity index (χ4n) is 2.10. The molecule has 7 nitrogen and oxygen atoms in total. The molecule has 0 aliphatic rings. The van der Waals surface area contributed by atoms with E-state index in [4.69, 9.17) is 16.2 Å². The average molecular weight is 377 g/mol. The van der Waals surface area contributed by atoms with E-state index in [1.54, 1.807) is 6.07 Å². The number of nitrogens with zero attached hydrogens (tertiary/aromatic N) is 3. The number of benzene rings is 2. The number of hydrogen-bond donors (Lipinski definition) is 2. The number of hydrogen-bond acceptors (Lipinski definition) is 6. The lowest BCUT2D eigenvalue weighted by molar-refractivity contribution is 0.483. The van der Waals surface area contributed by atoms with Gasteiger partial charge in [-0.25, -0.2) is 0 Å². The molecule has 0 fully saturated rings. The topological polar surface area (TPSA) is 105 Å². The van der Waals surface area contributed by atoms with Crippen molar-refractivity contribution in [2.24, 2.45) is 0 Å². The Balaban J connectivity index is 1.95. The van der Waals surface area contributed by atoms with E-state index in [1.165, 1.54) is 18.2 Å². The Morgan fingerprint density at radius 2 is 1.76 bits per heavy atom. The third-order valence-electron chi connectivity index (χ3n) is 3.31. The van der Waals surface area contributed by atoms with Crippen molar-refractivity contribution in [3.63, 3.8) is 0 Å². The number of aryl methyl sites for hydroxylation is 1. The molecular weight excluding hydrogens is 364 g/mol. The second-order valence-electron chi connectivity index (χ2n) is 5.25. The minimum Gasteiger partial charge on any atom is -0.324 e. The lowest BCUT2D eigenvalue weighted by Gasteiger charge is -2.08. The van der Waals surface area contributed by atoms with E-state index in [0.717, 1.165) is 11.1 Å². The van der Waals surface area contributed by atoms with Crippen molar-refractivity contribution < 1.29 is 13.0 Å². The van der Waals surface area contributed by atoms with Gasteiger partial charge in [-0.3, -0.25) is 4.55 Å². The van der Waals surface area contributed by atoms with Crippen molar-refractivity contribution >= 4 is 33.4 Å². The van der Waals surface area contributed by atoms with E-state index in [1.807, 2.05) is 31.2 Å². The molecule has 3 aromatic rings. The summed E-state index contributed by atoms with van der Waals surface area (Å²) in [5.74, 6) is 0.538. The van der Waals surface area contributed by atoms with Crippen LogP contribution < -0.4 is 5.32 Å². The number of rotatable bonds is 4. The molecule has 1 heterocycles. The number of halogens is 1. The first-order valence-corrected chi connectivity index (χ1v) is 8.96. The van der Waals surface area contributed by atoms with Crippen LogP contribution in [0.5, 0.6) is 0 Å². The van der Waals surface area contributed by atoms with Crippen LogP contribution in [-0.4, -0.2) is 27.9 Å². The van der Waals surface area contributed by atoms with Crippen LogP contribution in [0.25, 0.3) is 11.4 Å². The Hall–Kier alpha value is -2.55. The summed E-state index contributed by atoms with van der Waals surface area (Å²) in [5, 5.41) is 2.86. The SMILES string of the molecule is Cc1ccc(-c2nc(Cl)nc(Nc3cccc(S(=O)(=O)O)c3)n2)cc1. The summed E-state index contributed by atoms with van der Waals surface area (Å²) in [6, 6.07) is 13.2. The van der Waals surface area contributed by atoms with Crippen LogP contribution in [0, 0.1) is 6.92 Å². The highest BCUT2D eigenvalue weighted by Crippen LogP contribution is 2.22. The van der Waals surface area contributed by atoms with Gasteiger partial charge in [-0.1, -0.05) is 35.9 Å². The lowest BCUT2D eigenvalue weighted by Crippen LogP contribution is -2.03. The van der Waals surface area contributed by atoms with Crippen LogP contribution in [0.4, 0.5) is 11.6 Å². The number of aromatic nitrogens is 3. The summed E-state index contributed by atoms with van der Waals surface area (Å²) < 4.78 is 31.6. The number of anilines is 2. The second kappa shape index (κ2) is 6.75. The molecule has 0 aliphatic heterocycles. The molecule has 0 radical (unpaired) electrons. The highest BCUT2D eigenvalue weighted by molar-refractivity contribution is 7.85. The molecule has 0 saturated heterocycles. The van der Waals surface area contributed by atoms with Crippen LogP contribution in [0.2, 0.25) is 5.28 Å². The van der Waals surface area contributed by atoms with Gasteiger partial charge in [0.1, 0.15) is 0 Å².